The van der Waals surface area contributed by atoms with Gasteiger partial charge in [-0.05, 0) is 42.5 Å². The van der Waals surface area contributed by atoms with Gasteiger partial charge in [0.1, 0.15) is 28.7 Å². The molecule has 1 fully saturated rings. The quantitative estimate of drug-likeness (QED) is 0.470. The van der Waals surface area contributed by atoms with Crippen LogP contribution in [0, 0.1) is 0 Å². The van der Waals surface area contributed by atoms with Gasteiger partial charge in [-0.1, -0.05) is 23.2 Å². The number of hydrogen-bond donors (Lipinski definition) is 0. The lowest BCUT2D eigenvalue weighted by Gasteiger charge is -2.15. The molecule has 0 bridgehead atoms. The summed E-state index contributed by atoms with van der Waals surface area (Å²) < 4.78 is 37.4. The third-order valence-corrected chi connectivity index (χ3v) is 7.46. The van der Waals surface area contributed by atoms with E-state index in [9.17, 15) is 13.2 Å². The third kappa shape index (κ3) is 4.75. The largest absolute Gasteiger partial charge is 0.488 e. The van der Waals surface area contributed by atoms with E-state index in [0.29, 0.717) is 28.9 Å². The van der Waals surface area contributed by atoms with Crippen LogP contribution in [0.2, 0.25) is 10.0 Å². The van der Waals surface area contributed by atoms with Crippen LogP contribution >= 0.6 is 34.5 Å². The zero-order valence-corrected chi connectivity index (χ0v) is 17.3. The molecule has 0 atom stereocenters. The van der Waals surface area contributed by atoms with E-state index in [1.807, 2.05) is 0 Å². The predicted molar refractivity (Wildman–Crippen MR) is 105 cm³/mol. The number of halogens is 2. The Labute approximate surface area is 171 Å². The van der Waals surface area contributed by atoms with E-state index in [2.05, 4.69) is 0 Å². The van der Waals surface area contributed by atoms with E-state index < -0.39 is 16.0 Å². The second kappa shape index (κ2) is 8.79. The SMILES string of the molecule is O=C(OCCOc1ccc(Cl)cc1Cl)c1sccc1S(=O)(=O)N1CCCC1. The minimum Gasteiger partial charge on any atom is -0.488 e. The smallest absolute Gasteiger partial charge is 0.349 e. The van der Waals surface area contributed by atoms with Gasteiger partial charge >= 0.3 is 5.97 Å². The van der Waals surface area contributed by atoms with E-state index in [0.717, 1.165) is 24.2 Å². The first-order chi connectivity index (χ1) is 12.9. The van der Waals surface area contributed by atoms with Crippen LogP contribution in [0.3, 0.4) is 0 Å². The van der Waals surface area contributed by atoms with Gasteiger partial charge < -0.3 is 9.47 Å². The second-order valence-electron chi connectivity index (χ2n) is 5.78. The molecule has 1 aromatic carbocycles. The van der Waals surface area contributed by atoms with E-state index in [4.69, 9.17) is 32.7 Å². The van der Waals surface area contributed by atoms with Crippen molar-refractivity contribution in [1.82, 2.24) is 4.31 Å². The molecule has 146 valence electrons. The summed E-state index contributed by atoms with van der Waals surface area (Å²) in [6.07, 6.45) is 1.65. The van der Waals surface area contributed by atoms with Gasteiger partial charge in [0.25, 0.3) is 0 Å². The van der Waals surface area contributed by atoms with Crippen LogP contribution in [0.15, 0.2) is 34.5 Å². The van der Waals surface area contributed by atoms with Crippen LogP contribution in [0.5, 0.6) is 5.75 Å². The average Bonchev–Trinajstić information content (AvgIpc) is 3.31. The van der Waals surface area contributed by atoms with Crippen molar-refractivity contribution in [2.75, 3.05) is 26.3 Å². The van der Waals surface area contributed by atoms with Crippen LogP contribution in [-0.4, -0.2) is 45.0 Å². The highest BCUT2D eigenvalue weighted by molar-refractivity contribution is 7.89. The molecule has 0 aliphatic carbocycles. The number of nitrogens with zero attached hydrogens (tertiary/aromatic N) is 1. The molecule has 0 saturated carbocycles. The molecule has 1 aliphatic rings. The minimum absolute atomic E-state index is 0.000985. The molecule has 0 N–H and O–H groups in total. The summed E-state index contributed by atoms with van der Waals surface area (Å²) in [5, 5.41) is 2.41. The Kier molecular flexibility index (Phi) is 6.65. The standard InChI is InChI=1S/C17H17Cl2NO5S2/c18-12-3-4-14(13(19)11-12)24-8-9-25-17(21)16-15(5-10-26-16)27(22,23)20-6-1-2-7-20/h3-5,10-11H,1-2,6-9H2. The summed E-state index contributed by atoms with van der Waals surface area (Å²) in [7, 11) is -3.67. The summed E-state index contributed by atoms with van der Waals surface area (Å²) >= 11 is 12.9. The molecule has 1 saturated heterocycles. The molecule has 0 unspecified atom stereocenters. The third-order valence-electron chi connectivity index (χ3n) is 3.97. The van der Waals surface area contributed by atoms with Gasteiger partial charge in [0.05, 0.1) is 5.02 Å². The van der Waals surface area contributed by atoms with Crippen molar-refractivity contribution in [2.24, 2.45) is 0 Å². The highest BCUT2D eigenvalue weighted by Crippen LogP contribution is 2.29. The normalized spacial score (nSPS) is 15.0. The summed E-state index contributed by atoms with van der Waals surface area (Å²) in [6.45, 7) is 0.982. The maximum Gasteiger partial charge on any atom is 0.349 e. The summed E-state index contributed by atoms with van der Waals surface area (Å²) in [6, 6.07) is 6.24. The van der Waals surface area contributed by atoms with Crippen molar-refractivity contribution >= 4 is 50.5 Å². The molecule has 6 nitrogen and oxygen atoms in total. The molecule has 1 aromatic heterocycles. The van der Waals surface area contributed by atoms with Crippen molar-refractivity contribution in [3.63, 3.8) is 0 Å². The van der Waals surface area contributed by atoms with Crippen molar-refractivity contribution in [1.29, 1.82) is 0 Å². The van der Waals surface area contributed by atoms with Crippen LogP contribution in [0.25, 0.3) is 0 Å². The van der Waals surface area contributed by atoms with Gasteiger partial charge in [-0.15, -0.1) is 11.3 Å². The lowest BCUT2D eigenvalue weighted by molar-refractivity contribution is 0.0452. The van der Waals surface area contributed by atoms with Gasteiger partial charge in [0, 0.05) is 18.1 Å². The maximum atomic E-state index is 12.7. The Bertz CT molecular complexity index is 923. The van der Waals surface area contributed by atoms with Crippen LogP contribution < -0.4 is 4.74 Å². The molecular formula is C17H17Cl2NO5S2. The molecule has 0 radical (unpaired) electrons. The summed E-state index contributed by atoms with van der Waals surface area (Å²) in [5.41, 5.74) is 0. The second-order valence-corrected chi connectivity index (χ2v) is 9.45. The molecule has 2 heterocycles. The van der Waals surface area contributed by atoms with E-state index >= 15 is 0 Å². The van der Waals surface area contributed by atoms with E-state index in [1.165, 1.54) is 10.4 Å². The van der Waals surface area contributed by atoms with Gasteiger partial charge in [-0.2, -0.15) is 4.31 Å². The average molecular weight is 450 g/mol. The van der Waals surface area contributed by atoms with Crippen molar-refractivity contribution < 1.29 is 22.7 Å². The number of carbonyl (C=O) groups excluding carboxylic acids is 1. The van der Waals surface area contributed by atoms with Crippen molar-refractivity contribution in [3.05, 3.63) is 44.6 Å². The number of hydrogen-bond acceptors (Lipinski definition) is 6. The maximum absolute atomic E-state index is 12.7. The van der Waals surface area contributed by atoms with Crippen molar-refractivity contribution in [3.8, 4) is 5.75 Å². The van der Waals surface area contributed by atoms with E-state index in [-0.39, 0.29) is 23.0 Å². The van der Waals surface area contributed by atoms with Gasteiger partial charge in [0.2, 0.25) is 10.0 Å². The molecule has 0 spiro atoms. The number of ether oxygens (including phenoxy) is 2. The topological polar surface area (TPSA) is 72.9 Å². The van der Waals surface area contributed by atoms with Crippen molar-refractivity contribution in [2.45, 2.75) is 17.7 Å². The summed E-state index contributed by atoms with van der Waals surface area (Å²) in [5.74, 6) is -0.265. The first-order valence-electron chi connectivity index (χ1n) is 8.22. The Morgan fingerprint density at radius 1 is 1.15 bits per heavy atom. The molecule has 27 heavy (non-hydrogen) atoms. The van der Waals surface area contributed by atoms with Gasteiger partial charge in [-0.3, -0.25) is 0 Å². The molecular weight excluding hydrogens is 433 g/mol. The zero-order chi connectivity index (χ0) is 19.4. The van der Waals surface area contributed by atoms with Crippen LogP contribution in [-0.2, 0) is 14.8 Å². The fourth-order valence-corrected chi connectivity index (χ4v) is 5.92. The molecule has 2 aromatic rings. The Morgan fingerprint density at radius 2 is 1.89 bits per heavy atom. The Hall–Kier alpha value is -1.32. The fraction of sp³-hybridized carbons (Fsp3) is 0.353. The van der Waals surface area contributed by atoms with Crippen LogP contribution in [0.1, 0.15) is 22.5 Å². The highest BCUT2D eigenvalue weighted by atomic mass is 35.5. The number of carbonyl (C=O) groups is 1. The number of esters is 1. The molecule has 10 heteroatoms. The Morgan fingerprint density at radius 3 is 2.59 bits per heavy atom. The monoisotopic (exact) mass is 449 g/mol. The first-order valence-corrected chi connectivity index (χ1v) is 11.3. The molecule has 0 amide bonds. The fourth-order valence-electron chi connectivity index (χ4n) is 2.66. The Balaban J connectivity index is 1.58. The zero-order valence-electron chi connectivity index (χ0n) is 14.2. The first kappa shape index (κ1) is 20.4. The van der Waals surface area contributed by atoms with Crippen LogP contribution in [0.4, 0.5) is 0 Å². The molecule has 1 aliphatic heterocycles. The van der Waals surface area contributed by atoms with Gasteiger partial charge in [-0.25, -0.2) is 13.2 Å². The number of rotatable bonds is 7. The van der Waals surface area contributed by atoms with Gasteiger partial charge in [0.15, 0.2) is 0 Å². The highest BCUT2D eigenvalue weighted by Gasteiger charge is 2.32. The number of benzene rings is 1. The van der Waals surface area contributed by atoms with E-state index in [1.54, 1.807) is 23.6 Å². The number of sulfonamides is 1. The lowest BCUT2D eigenvalue weighted by Crippen LogP contribution is -2.28. The molecule has 3 rings (SSSR count). The summed E-state index contributed by atoms with van der Waals surface area (Å²) in [4.78, 5) is 12.4. The lowest BCUT2D eigenvalue weighted by atomic mass is 10.3. The minimum atomic E-state index is -3.67. The predicted octanol–water partition coefficient (Wildman–Crippen LogP) is 4.08. The number of thiophene rings is 1.